The molecule has 0 radical (unpaired) electrons. The Labute approximate surface area is 212 Å². The van der Waals surface area contributed by atoms with Gasteiger partial charge in [0.1, 0.15) is 16.7 Å². The van der Waals surface area contributed by atoms with Crippen LogP contribution >= 0.6 is 0 Å². The van der Waals surface area contributed by atoms with Crippen molar-refractivity contribution in [3.63, 3.8) is 0 Å². The van der Waals surface area contributed by atoms with Crippen LogP contribution in [0.15, 0.2) is 136 Å². The maximum Gasteiger partial charge on any atom is 0.160 e. The number of hydrogen-bond acceptors (Lipinski definition) is 3. The minimum Gasteiger partial charge on any atom is -0.456 e. The molecule has 8 rings (SSSR count). The van der Waals surface area contributed by atoms with Crippen LogP contribution in [0.4, 0.5) is 17.1 Å². The van der Waals surface area contributed by atoms with Crippen molar-refractivity contribution in [2.75, 3.05) is 4.90 Å². The molecule has 174 valence electrons. The molecule has 3 nitrogen and oxygen atoms in total. The quantitative estimate of drug-likeness (QED) is 0.255. The number of furan rings is 2. The third-order valence-corrected chi connectivity index (χ3v) is 7.23. The standard InChI is InChI=1S/C34H21NO2/c1-2-12-23(13-3-1)35(27-17-10-20-31-33(27)26-16-7-8-18-29(26)36-31)28-21-22-11-4-5-14-24(22)32-25-15-6-9-19-30(25)37-34(28)32/h1-21H. The average molecular weight is 476 g/mol. The van der Waals surface area contributed by atoms with Gasteiger partial charge in [-0.05, 0) is 53.2 Å². The Balaban J connectivity index is 1.55. The summed E-state index contributed by atoms with van der Waals surface area (Å²) in [4.78, 5) is 2.31. The number of anilines is 3. The SMILES string of the molecule is c1ccc(N(c2cc3ccccc3c3c2oc2ccccc23)c2cccc3oc4ccccc4c23)cc1. The van der Waals surface area contributed by atoms with Crippen molar-refractivity contribution >= 4 is 71.7 Å². The van der Waals surface area contributed by atoms with Crippen LogP contribution in [0.3, 0.4) is 0 Å². The van der Waals surface area contributed by atoms with Gasteiger partial charge in [-0.15, -0.1) is 0 Å². The van der Waals surface area contributed by atoms with E-state index in [-0.39, 0.29) is 0 Å². The first-order chi connectivity index (χ1) is 18.4. The Kier molecular flexibility index (Phi) is 4.23. The normalized spacial score (nSPS) is 11.8. The second kappa shape index (κ2) is 7.74. The van der Waals surface area contributed by atoms with E-state index < -0.39 is 0 Å². The summed E-state index contributed by atoms with van der Waals surface area (Å²) in [6.07, 6.45) is 0. The third-order valence-electron chi connectivity index (χ3n) is 7.23. The summed E-state index contributed by atoms with van der Waals surface area (Å²) >= 11 is 0. The second-order valence-electron chi connectivity index (χ2n) is 9.34. The van der Waals surface area contributed by atoms with Gasteiger partial charge in [-0.2, -0.15) is 0 Å². The summed E-state index contributed by atoms with van der Waals surface area (Å²) in [5, 5.41) is 6.78. The maximum absolute atomic E-state index is 6.63. The number of hydrogen-bond donors (Lipinski definition) is 0. The summed E-state index contributed by atoms with van der Waals surface area (Å²) in [7, 11) is 0. The Hall–Kier alpha value is -5.02. The lowest BCUT2D eigenvalue weighted by Crippen LogP contribution is -2.10. The molecule has 0 unspecified atom stereocenters. The lowest BCUT2D eigenvalue weighted by atomic mass is 10.0. The third kappa shape index (κ3) is 2.95. The summed E-state index contributed by atoms with van der Waals surface area (Å²) in [5.41, 5.74) is 6.59. The fourth-order valence-corrected chi connectivity index (χ4v) is 5.65. The molecule has 0 aliphatic heterocycles. The Morgan fingerprint density at radius 1 is 0.432 bits per heavy atom. The van der Waals surface area contributed by atoms with Gasteiger partial charge >= 0.3 is 0 Å². The van der Waals surface area contributed by atoms with Gasteiger partial charge in [-0.25, -0.2) is 0 Å². The minimum absolute atomic E-state index is 0.862. The largest absolute Gasteiger partial charge is 0.456 e. The highest BCUT2D eigenvalue weighted by Crippen LogP contribution is 2.48. The number of fused-ring (bicyclic) bond motifs is 8. The van der Waals surface area contributed by atoms with E-state index in [9.17, 15) is 0 Å². The summed E-state index contributed by atoms with van der Waals surface area (Å²) in [6.45, 7) is 0. The zero-order valence-corrected chi connectivity index (χ0v) is 19.9. The Morgan fingerprint density at radius 3 is 1.86 bits per heavy atom. The zero-order valence-electron chi connectivity index (χ0n) is 19.9. The Morgan fingerprint density at radius 2 is 1.05 bits per heavy atom. The molecule has 0 fully saturated rings. The van der Waals surface area contributed by atoms with Gasteiger partial charge in [0.25, 0.3) is 0 Å². The smallest absolute Gasteiger partial charge is 0.160 e. The number of rotatable bonds is 3. The van der Waals surface area contributed by atoms with E-state index in [4.69, 9.17) is 8.83 Å². The van der Waals surface area contributed by atoms with Crippen molar-refractivity contribution in [3.8, 4) is 0 Å². The molecule has 0 aliphatic carbocycles. The van der Waals surface area contributed by atoms with E-state index in [0.29, 0.717) is 0 Å². The summed E-state index contributed by atoms with van der Waals surface area (Å²) in [5.74, 6) is 0. The van der Waals surface area contributed by atoms with E-state index in [1.165, 1.54) is 10.8 Å². The molecule has 0 N–H and O–H groups in total. The highest BCUT2D eigenvalue weighted by atomic mass is 16.3. The molecular formula is C34H21NO2. The number of benzene rings is 6. The van der Waals surface area contributed by atoms with Gasteiger partial charge in [0, 0.05) is 21.8 Å². The van der Waals surface area contributed by atoms with Crippen LogP contribution in [0, 0.1) is 0 Å². The lowest BCUT2D eigenvalue weighted by molar-refractivity contribution is 0.668. The van der Waals surface area contributed by atoms with Crippen LogP contribution in [0.2, 0.25) is 0 Å². The highest BCUT2D eigenvalue weighted by molar-refractivity contribution is 6.24. The van der Waals surface area contributed by atoms with Gasteiger partial charge in [-0.1, -0.05) is 84.9 Å². The van der Waals surface area contributed by atoms with Crippen molar-refractivity contribution < 1.29 is 8.83 Å². The second-order valence-corrected chi connectivity index (χ2v) is 9.34. The summed E-state index contributed by atoms with van der Waals surface area (Å²) in [6, 6.07) is 44.1. The van der Waals surface area contributed by atoms with Crippen molar-refractivity contribution in [1.82, 2.24) is 0 Å². The van der Waals surface area contributed by atoms with E-state index in [1.807, 2.05) is 36.4 Å². The first-order valence-corrected chi connectivity index (χ1v) is 12.5. The molecular weight excluding hydrogens is 454 g/mol. The van der Waals surface area contributed by atoms with E-state index in [1.54, 1.807) is 0 Å². The average Bonchev–Trinajstić information content (AvgIpc) is 3.53. The van der Waals surface area contributed by atoms with Gasteiger partial charge in [0.2, 0.25) is 0 Å². The molecule has 0 amide bonds. The fourth-order valence-electron chi connectivity index (χ4n) is 5.65. The molecule has 0 saturated heterocycles. The van der Waals surface area contributed by atoms with Gasteiger partial charge in [-0.3, -0.25) is 0 Å². The molecule has 0 spiro atoms. The van der Waals surface area contributed by atoms with E-state index >= 15 is 0 Å². The molecule has 0 bridgehead atoms. The van der Waals surface area contributed by atoms with Crippen LogP contribution in [-0.2, 0) is 0 Å². The minimum atomic E-state index is 0.862. The van der Waals surface area contributed by atoms with Crippen LogP contribution in [-0.4, -0.2) is 0 Å². The molecule has 2 aromatic heterocycles. The molecule has 0 aliphatic rings. The predicted octanol–water partition coefficient (Wildman–Crippen LogP) is 10.1. The van der Waals surface area contributed by atoms with Crippen molar-refractivity contribution in [1.29, 1.82) is 0 Å². The maximum atomic E-state index is 6.63. The van der Waals surface area contributed by atoms with Crippen molar-refractivity contribution in [3.05, 3.63) is 127 Å². The predicted molar refractivity (Wildman–Crippen MR) is 153 cm³/mol. The van der Waals surface area contributed by atoms with Crippen molar-refractivity contribution in [2.24, 2.45) is 0 Å². The highest BCUT2D eigenvalue weighted by Gasteiger charge is 2.24. The van der Waals surface area contributed by atoms with Crippen molar-refractivity contribution in [2.45, 2.75) is 0 Å². The fraction of sp³-hybridized carbons (Fsp3) is 0. The van der Waals surface area contributed by atoms with E-state index in [2.05, 4.69) is 95.9 Å². The Bertz CT molecular complexity index is 2100. The molecule has 0 saturated carbocycles. The van der Waals surface area contributed by atoms with E-state index in [0.717, 1.165) is 60.9 Å². The first-order valence-electron chi connectivity index (χ1n) is 12.5. The van der Waals surface area contributed by atoms with Gasteiger partial charge < -0.3 is 13.7 Å². The summed E-state index contributed by atoms with van der Waals surface area (Å²) < 4.78 is 12.9. The lowest BCUT2D eigenvalue weighted by Gasteiger charge is -2.26. The first kappa shape index (κ1) is 20.2. The number of para-hydroxylation sites is 3. The van der Waals surface area contributed by atoms with Gasteiger partial charge in [0.15, 0.2) is 5.58 Å². The van der Waals surface area contributed by atoms with Crippen LogP contribution in [0.5, 0.6) is 0 Å². The number of nitrogens with zero attached hydrogens (tertiary/aromatic N) is 1. The molecule has 2 heterocycles. The van der Waals surface area contributed by atoms with Crippen LogP contribution in [0.1, 0.15) is 0 Å². The molecule has 3 heteroatoms. The molecule has 6 aromatic carbocycles. The molecule has 0 atom stereocenters. The van der Waals surface area contributed by atoms with Crippen LogP contribution in [0.25, 0.3) is 54.6 Å². The molecule has 8 aromatic rings. The van der Waals surface area contributed by atoms with Crippen LogP contribution < -0.4 is 4.90 Å². The topological polar surface area (TPSA) is 29.5 Å². The monoisotopic (exact) mass is 475 g/mol. The van der Waals surface area contributed by atoms with Gasteiger partial charge in [0.05, 0.1) is 16.8 Å². The zero-order chi connectivity index (χ0) is 24.3. The molecule has 37 heavy (non-hydrogen) atoms.